The van der Waals surface area contributed by atoms with Gasteiger partial charge in [-0.1, -0.05) is 42.5 Å². The molecule has 0 heterocycles. The number of carboxylic acids is 1. The van der Waals surface area contributed by atoms with Gasteiger partial charge in [-0.2, -0.15) is 0 Å². The van der Waals surface area contributed by atoms with Crippen molar-refractivity contribution < 1.29 is 9.90 Å². The molecule has 0 spiro atoms. The van der Waals surface area contributed by atoms with Crippen LogP contribution < -0.4 is 5.73 Å². The molecule has 0 aliphatic rings. The van der Waals surface area contributed by atoms with Crippen molar-refractivity contribution in [3.05, 3.63) is 48.0 Å². The van der Waals surface area contributed by atoms with Crippen LogP contribution >= 0.6 is 0 Å². The van der Waals surface area contributed by atoms with Crippen LogP contribution in [0.15, 0.2) is 42.5 Å². The van der Waals surface area contributed by atoms with Gasteiger partial charge in [-0.15, -0.1) is 0 Å². The molecule has 0 saturated heterocycles. The number of aryl methyl sites for hydroxylation is 1. The van der Waals surface area contributed by atoms with Crippen LogP contribution in [0.3, 0.4) is 0 Å². The van der Waals surface area contributed by atoms with Crippen LogP contribution in [-0.2, 0) is 11.2 Å². The van der Waals surface area contributed by atoms with E-state index in [9.17, 15) is 4.79 Å². The minimum absolute atomic E-state index is 0.193. The second-order valence-corrected chi connectivity index (χ2v) is 3.58. The Kier molecular flexibility index (Phi) is 5.17. The third-order valence-electron chi connectivity index (χ3n) is 2.44. The zero-order chi connectivity index (χ0) is 12.7. The predicted octanol–water partition coefficient (Wildman–Crippen LogP) is 2.43. The molecule has 0 amide bonds. The lowest BCUT2D eigenvalue weighted by atomic mass is 10.0. The molecule has 2 rings (SSSR count). The molecule has 17 heavy (non-hydrogen) atoms. The Morgan fingerprint density at radius 3 is 2.41 bits per heavy atom. The van der Waals surface area contributed by atoms with Gasteiger partial charge in [-0.25, -0.2) is 0 Å². The van der Waals surface area contributed by atoms with E-state index in [1.165, 1.54) is 17.8 Å². The lowest BCUT2D eigenvalue weighted by molar-refractivity contribution is -0.136. The summed E-state index contributed by atoms with van der Waals surface area (Å²) < 4.78 is 0. The Labute approximate surface area is 101 Å². The highest BCUT2D eigenvalue weighted by atomic mass is 16.4. The number of aliphatic carboxylic acids is 1. The first-order valence-electron chi connectivity index (χ1n) is 5.53. The highest BCUT2D eigenvalue weighted by Crippen LogP contribution is 2.16. The van der Waals surface area contributed by atoms with E-state index >= 15 is 0 Å². The van der Waals surface area contributed by atoms with Gasteiger partial charge in [0.2, 0.25) is 0 Å². The van der Waals surface area contributed by atoms with Gasteiger partial charge in [0.05, 0.1) is 0 Å². The molecule has 2 aromatic rings. The summed E-state index contributed by atoms with van der Waals surface area (Å²) in [4.78, 5) is 10.4. The number of hydrogen-bond donors (Lipinski definition) is 2. The van der Waals surface area contributed by atoms with Gasteiger partial charge in [0, 0.05) is 6.42 Å². The van der Waals surface area contributed by atoms with Gasteiger partial charge in [0.15, 0.2) is 0 Å². The average Bonchev–Trinajstić information content (AvgIpc) is 2.38. The van der Waals surface area contributed by atoms with Crippen molar-refractivity contribution in [1.29, 1.82) is 0 Å². The van der Waals surface area contributed by atoms with Crippen LogP contribution in [0, 0.1) is 0 Å². The zero-order valence-electron chi connectivity index (χ0n) is 9.89. The van der Waals surface area contributed by atoms with Crippen molar-refractivity contribution in [2.75, 3.05) is 7.05 Å². The number of benzene rings is 2. The van der Waals surface area contributed by atoms with Crippen molar-refractivity contribution in [2.45, 2.75) is 12.8 Å². The summed E-state index contributed by atoms with van der Waals surface area (Å²) in [5.41, 5.74) is 5.58. The predicted molar refractivity (Wildman–Crippen MR) is 70.0 cm³/mol. The topological polar surface area (TPSA) is 63.3 Å². The lowest BCUT2D eigenvalue weighted by Crippen LogP contribution is -1.97. The molecule has 3 nitrogen and oxygen atoms in total. The summed E-state index contributed by atoms with van der Waals surface area (Å²) in [6.45, 7) is 0. The van der Waals surface area contributed by atoms with Crippen molar-refractivity contribution in [2.24, 2.45) is 5.73 Å². The van der Waals surface area contributed by atoms with E-state index in [0.717, 1.165) is 5.56 Å². The number of fused-ring (bicyclic) bond motifs is 1. The lowest BCUT2D eigenvalue weighted by Gasteiger charge is -2.01. The van der Waals surface area contributed by atoms with E-state index in [-0.39, 0.29) is 6.42 Å². The first kappa shape index (κ1) is 13.2. The molecule has 90 valence electrons. The number of rotatable bonds is 3. The van der Waals surface area contributed by atoms with Crippen LogP contribution in [0.2, 0.25) is 0 Å². The quantitative estimate of drug-likeness (QED) is 0.852. The fourth-order valence-electron chi connectivity index (χ4n) is 1.65. The van der Waals surface area contributed by atoms with Gasteiger partial charge >= 0.3 is 5.97 Å². The average molecular weight is 231 g/mol. The molecule has 0 aromatic heterocycles. The molecule has 0 aliphatic heterocycles. The van der Waals surface area contributed by atoms with Crippen molar-refractivity contribution in [3.8, 4) is 0 Å². The fraction of sp³-hybridized carbons (Fsp3) is 0.214. The summed E-state index contributed by atoms with van der Waals surface area (Å²) >= 11 is 0. The molecule has 3 N–H and O–H groups in total. The van der Waals surface area contributed by atoms with Crippen LogP contribution in [0.5, 0.6) is 0 Å². The standard InChI is InChI=1S/C13H12O2.CH5N/c14-13(15)8-6-10-5-7-11-3-1-2-4-12(11)9-10;1-2/h1-5,7,9H,6,8H2,(H,14,15);2H2,1H3. The molecule has 0 radical (unpaired) electrons. The monoisotopic (exact) mass is 231 g/mol. The smallest absolute Gasteiger partial charge is 0.303 e. The van der Waals surface area contributed by atoms with Crippen LogP contribution in [0.1, 0.15) is 12.0 Å². The van der Waals surface area contributed by atoms with E-state index in [1.54, 1.807) is 0 Å². The SMILES string of the molecule is CN.O=C(O)CCc1ccc2ccccc2c1. The van der Waals surface area contributed by atoms with E-state index in [1.807, 2.05) is 30.3 Å². The number of carboxylic acid groups (broad SMARTS) is 1. The van der Waals surface area contributed by atoms with Crippen LogP contribution in [-0.4, -0.2) is 18.1 Å². The summed E-state index contributed by atoms with van der Waals surface area (Å²) in [6, 6.07) is 14.2. The van der Waals surface area contributed by atoms with Crippen molar-refractivity contribution >= 4 is 16.7 Å². The van der Waals surface area contributed by atoms with Crippen LogP contribution in [0.4, 0.5) is 0 Å². The first-order valence-corrected chi connectivity index (χ1v) is 5.53. The van der Waals surface area contributed by atoms with Crippen LogP contribution in [0.25, 0.3) is 10.8 Å². The second-order valence-electron chi connectivity index (χ2n) is 3.58. The molecular formula is C14H17NO2. The fourth-order valence-corrected chi connectivity index (χ4v) is 1.65. The van der Waals surface area contributed by atoms with E-state index < -0.39 is 5.97 Å². The Hall–Kier alpha value is -1.87. The number of nitrogens with two attached hydrogens (primary N) is 1. The minimum Gasteiger partial charge on any atom is -0.481 e. The highest BCUT2D eigenvalue weighted by molar-refractivity contribution is 5.83. The normalized spacial score (nSPS) is 9.53. The molecule has 0 atom stereocenters. The Balaban J connectivity index is 0.000000686. The Bertz CT molecular complexity index is 494. The molecule has 0 aliphatic carbocycles. The molecule has 0 unspecified atom stereocenters. The van der Waals surface area contributed by atoms with Crippen molar-refractivity contribution in [3.63, 3.8) is 0 Å². The van der Waals surface area contributed by atoms with Gasteiger partial charge in [-0.3, -0.25) is 4.79 Å². The second kappa shape index (κ2) is 6.66. The summed E-state index contributed by atoms with van der Waals surface area (Å²) in [6.07, 6.45) is 0.790. The minimum atomic E-state index is -0.747. The Morgan fingerprint density at radius 2 is 1.76 bits per heavy atom. The third kappa shape index (κ3) is 3.89. The summed E-state index contributed by atoms with van der Waals surface area (Å²) in [7, 11) is 1.50. The molecule has 0 saturated carbocycles. The van der Waals surface area contributed by atoms with Gasteiger partial charge in [-0.05, 0) is 29.8 Å². The molecule has 2 aromatic carbocycles. The van der Waals surface area contributed by atoms with Gasteiger partial charge in [0.25, 0.3) is 0 Å². The zero-order valence-corrected chi connectivity index (χ0v) is 9.89. The molecule has 3 heteroatoms. The maximum atomic E-state index is 10.4. The Morgan fingerprint density at radius 1 is 1.12 bits per heavy atom. The third-order valence-corrected chi connectivity index (χ3v) is 2.44. The van der Waals surface area contributed by atoms with E-state index in [2.05, 4.69) is 17.9 Å². The van der Waals surface area contributed by atoms with Gasteiger partial charge < -0.3 is 10.8 Å². The van der Waals surface area contributed by atoms with Gasteiger partial charge in [0.1, 0.15) is 0 Å². The highest BCUT2D eigenvalue weighted by Gasteiger charge is 1.99. The maximum absolute atomic E-state index is 10.4. The molecular weight excluding hydrogens is 214 g/mol. The molecule has 0 bridgehead atoms. The van der Waals surface area contributed by atoms with Crippen molar-refractivity contribution in [1.82, 2.24) is 0 Å². The number of hydrogen-bond acceptors (Lipinski definition) is 2. The molecule has 0 fully saturated rings. The summed E-state index contributed by atoms with van der Waals surface area (Å²) in [5.74, 6) is -0.747. The largest absolute Gasteiger partial charge is 0.481 e. The maximum Gasteiger partial charge on any atom is 0.303 e. The van der Waals surface area contributed by atoms with E-state index in [4.69, 9.17) is 5.11 Å². The first-order chi connectivity index (χ1) is 8.25. The van der Waals surface area contributed by atoms with E-state index in [0.29, 0.717) is 6.42 Å². The number of carbonyl (C=O) groups is 1. The summed E-state index contributed by atoms with van der Waals surface area (Å²) in [5, 5.41) is 10.9.